The number of rotatable bonds is 5. The van der Waals surface area contributed by atoms with Crippen LogP contribution >= 0.6 is 0 Å². The number of ether oxygens (including phenoxy) is 3. The van der Waals surface area contributed by atoms with E-state index in [1.54, 1.807) is 0 Å². The lowest BCUT2D eigenvalue weighted by molar-refractivity contribution is -0.168. The summed E-state index contributed by atoms with van der Waals surface area (Å²) >= 11 is 0. The lowest BCUT2D eigenvalue weighted by atomic mass is 10.2. The minimum atomic E-state index is -0.0138. The van der Waals surface area contributed by atoms with Crippen LogP contribution in [0.1, 0.15) is 19.3 Å². The molecule has 0 aliphatic carbocycles. The van der Waals surface area contributed by atoms with E-state index in [-0.39, 0.29) is 12.9 Å². The Labute approximate surface area is 74.0 Å². The summed E-state index contributed by atoms with van der Waals surface area (Å²) in [6.45, 7) is 7.34. The molecule has 0 saturated carbocycles. The van der Waals surface area contributed by atoms with E-state index >= 15 is 0 Å². The van der Waals surface area contributed by atoms with Crippen LogP contribution in [0.15, 0.2) is 0 Å². The highest BCUT2D eigenvalue weighted by Gasteiger charge is 2.12. The van der Waals surface area contributed by atoms with Gasteiger partial charge in [0.15, 0.2) is 6.29 Å². The Morgan fingerprint density at radius 1 is 1.33 bits per heavy atom. The molecule has 0 aromatic carbocycles. The fraction of sp³-hybridized carbons (Fsp3) is 0.889. The number of hydrogen-bond acceptors (Lipinski definition) is 3. The Bertz CT molecular complexity index is 99.9. The molecule has 0 aromatic rings. The average Bonchev–Trinajstić information content (AvgIpc) is 2.14. The molecular weight excluding hydrogens is 156 g/mol. The summed E-state index contributed by atoms with van der Waals surface area (Å²) in [7, 11) is 0. The Morgan fingerprint density at radius 2 is 2.25 bits per heavy atom. The molecule has 3 heteroatoms. The van der Waals surface area contributed by atoms with Gasteiger partial charge in [-0.1, -0.05) is 0 Å². The van der Waals surface area contributed by atoms with Gasteiger partial charge in [0.05, 0.1) is 19.8 Å². The zero-order valence-corrected chi connectivity index (χ0v) is 7.33. The topological polar surface area (TPSA) is 27.7 Å². The van der Waals surface area contributed by atoms with Crippen molar-refractivity contribution in [3.63, 3.8) is 0 Å². The second-order valence-electron chi connectivity index (χ2n) is 2.74. The summed E-state index contributed by atoms with van der Waals surface area (Å²) in [5.74, 6) is 0. The smallest absolute Gasteiger partial charge is 0.157 e. The predicted molar refractivity (Wildman–Crippen MR) is 44.7 cm³/mol. The van der Waals surface area contributed by atoms with Crippen molar-refractivity contribution < 1.29 is 14.2 Å². The molecule has 0 N–H and O–H groups in total. The van der Waals surface area contributed by atoms with Crippen LogP contribution in [0.5, 0.6) is 0 Å². The summed E-state index contributed by atoms with van der Waals surface area (Å²) in [6, 6.07) is 0. The van der Waals surface area contributed by atoms with Gasteiger partial charge in [-0.05, 0) is 26.2 Å². The molecule has 1 saturated heterocycles. The minimum Gasteiger partial charge on any atom is -0.379 e. The fourth-order valence-corrected chi connectivity index (χ4v) is 1.16. The highest BCUT2D eigenvalue weighted by atomic mass is 16.7. The van der Waals surface area contributed by atoms with Crippen LogP contribution < -0.4 is 0 Å². The second kappa shape index (κ2) is 6.40. The minimum absolute atomic E-state index is 0.0138. The van der Waals surface area contributed by atoms with Crippen LogP contribution in [0.4, 0.5) is 0 Å². The van der Waals surface area contributed by atoms with E-state index < -0.39 is 0 Å². The van der Waals surface area contributed by atoms with Gasteiger partial charge in [0.1, 0.15) is 0 Å². The molecule has 1 aliphatic rings. The summed E-state index contributed by atoms with van der Waals surface area (Å²) < 4.78 is 15.7. The van der Waals surface area contributed by atoms with Crippen LogP contribution in [-0.2, 0) is 14.2 Å². The van der Waals surface area contributed by atoms with Crippen LogP contribution in [-0.4, -0.2) is 32.7 Å². The summed E-state index contributed by atoms with van der Waals surface area (Å²) in [6.07, 6.45) is 3.34. The summed E-state index contributed by atoms with van der Waals surface area (Å²) in [4.78, 5) is 0. The molecular formula is C9H16O3. The van der Waals surface area contributed by atoms with Gasteiger partial charge in [-0.2, -0.15) is 0 Å². The molecule has 0 aromatic heterocycles. The maximum Gasteiger partial charge on any atom is 0.157 e. The van der Waals surface area contributed by atoms with Gasteiger partial charge in [0.2, 0.25) is 0 Å². The SMILES string of the molecule is [CH]COCCOC1CCCCO1. The molecule has 1 rings (SSSR count). The Balaban J connectivity index is 1.91. The van der Waals surface area contributed by atoms with Gasteiger partial charge in [-0.3, -0.25) is 0 Å². The van der Waals surface area contributed by atoms with Crippen molar-refractivity contribution in [2.24, 2.45) is 0 Å². The van der Waals surface area contributed by atoms with Crippen molar-refractivity contribution in [1.29, 1.82) is 0 Å². The van der Waals surface area contributed by atoms with Crippen molar-refractivity contribution in [2.45, 2.75) is 25.6 Å². The molecule has 0 spiro atoms. The first kappa shape index (κ1) is 9.96. The molecule has 0 bridgehead atoms. The van der Waals surface area contributed by atoms with Gasteiger partial charge in [-0.15, -0.1) is 0 Å². The molecule has 0 amide bonds. The zero-order chi connectivity index (χ0) is 8.65. The van der Waals surface area contributed by atoms with Crippen molar-refractivity contribution in [3.05, 3.63) is 6.92 Å². The quantitative estimate of drug-likeness (QED) is 0.584. The first-order chi connectivity index (χ1) is 5.93. The lowest BCUT2D eigenvalue weighted by Crippen LogP contribution is -2.23. The maximum atomic E-state index is 5.38. The van der Waals surface area contributed by atoms with Crippen molar-refractivity contribution >= 4 is 0 Å². The molecule has 2 radical (unpaired) electrons. The van der Waals surface area contributed by atoms with Gasteiger partial charge < -0.3 is 14.2 Å². The zero-order valence-electron chi connectivity index (χ0n) is 7.33. The van der Waals surface area contributed by atoms with Gasteiger partial charge >= 0.3 is 0 Å². The lowest BCUT2D eigenvalue weighted by Gasteiger charge is -2.22. The summed E-state index contributed by atoms with van der Waals surface area (Å²) in [5.41, 5.74) is 0. The highest BCUT2D eigenvalue weighted by molar-refractivity contribution is 4.53. The van der Waals surface area contributed by atoms with Gasteiger partial charge in [-0.25, -0.2) is 0 Å². The van der Waals surface area contributed by atoms with Gasteiger partial charge in [0.25, 0.3) is 0 Å². The fourth-order valence-electron chi connectivity index (χ4n) is 1.16. The predicted octanol–water partition coefficient (Wildman–Crippen LogP) is 1.26. The molecule has 1 heterocycles. The van der Waals surface area contributed by atoms with E-state index in [4.69, 9.17) is 21.1 Å². The van der Waals surface area contributed by atoms with E-state index in [0.29, 0.717) is 13.2 Å². The number of hydrogen-bond donors (Lipinski definition) is 0. The van der Waals surface area contributed by atoms with E-state index in [0.717, 1.165) is 19.4 Å². The Morgan fingerprint density at radius 3 is 2.92 bits per heavy atom. The van der Waals surface area contributed by atoms with E-state index in [1.807, 2.05) is 0 Å². The molecule has 1 aliphatic heterocycles. The molecule has 12 heavy (non-hydrogen) atoms. The average molecular weight is 172 g/mol. The second-order valence-corrected chi connectivity index (χ2v) is 2.74. The van der Waals surface area contributed by atoms with Crippen molar-refractivity contribution in [3.8, 4) is 0 Å². The molecule has 1 unspecified atom stereocenters. The van der Waals surface area contributed by atoms with Crippen LogP contribution in [0, 0.1) is 6.92 Å². The van der Waals surface area contributed by atoms with Crippen molar-refractivity contribution in [2.75, 3.05) is 26.4 Å². The van der Waals surface area contributed by atoms with Crippen LogP contribution in [0.25, 0.3) is 0 Å². The molecule has 70 valence electrons. The third-order valence-corrected chi connectivity index (χ3v) is 1.79. The molecule has 3 nitrogen and oxygen atoms in total. The van der Waals surface area contributed by atoms with E-state index in [1.165, 1.54) is 6.42 Å². The third-order valence-electron chi connectivity index (χ3n) is 1.79. The maximum absolute atomic E-state index is 5.38. The normalized spacial score (nSPS) is 24.2. The Hall–Kier alpha value is -0.120. The highest BCUT2D eigenvalue weighted by Crippen LogP contribution is 2.13. The van der Waals surface area contributed by atoms with Crippen molar-refractivity contribution in [1.82, 2.24) is 0 Å². The Kier molecular flexibility index (Phi) is 5.32. The summed E-state index contributed by atoms with van der Waals surface area (Å²) in [5, 5.41) is 0. The van der Waals surface area contributed by atoms with Crippen LogP contribution in [0.2, 0.25) is 0 Å². The van der Waals surface area contributed by atoms with E-state index in [9.17, 15) is 0 Å². The first-order valence-corrected chi connectivity index (χ1v) is 4.44. The molecule has 1 fully saturated rings. The standard InChI is InChI=1S/C9H16O3/c1-2-10-7-8-12-9-5-3-4-6-11-9/h1,9H,2-8H2. The largest absolute Gasteiger partial charge is 0.379 e. The van der Waals surface area contributed by atoms with E-state index in [2.05, 4.69) is 0 Å². The first-order valence-electron chi connectivity index (χ1n) is 4.44. The third kappa shape index (κ3) is 4.04. The van der Waals surface area contributed by atoms with Gasteiger partial charge in [0, 0.05) is 6.61 Å². The molecule has 1 atom stereocenters. The monoisotopic (exact) mass is 172 g/mol. The van der Waals surface area contributed by atoms with Crippen LogP contribution in [0.3, 0.4) is 0 Å².